The van der Waals surface area contributed by atoms with E-state index in [9.17, 15) is 5.11 Å². The molecule has 1 fully saturated rings. The molecule has 5 heteroatoms. The van der Waals surface area contributed by atoms with Gasteiger partial charge in [-0.25, -0.2) is 0 Å². The van der Waals surface area contributed by atoms with Gasteiger partial charge < -0.3 is 24.4 Å². The molecule has 0 unspecified atom stereocenters. The van der Waals surface area contributed by atoms with Crippen molar-refractivity contribution in [1.29, 1.82) is 0 Å². The number of rotatable bonds is 10. The van der Waals surface area contributed by atoms with Gasteiger partial charge in [0.2, 0.25) is 0 Å². The minimum absolute atomic E-state index is 0.0100. The SMILES string of the molecule is CCCOCCOCCC[C@H]1O[C@H](CO)C[C@H](O)[C@H]1C. The van der Waals surface area contributed by atoms with Crippen LogP contribution in [0, 0.1) is 5.92 Å². The fourth-order valence-corrected chi connectivity index (χ4v) is 2.46. The van der Waals surface area contributed by atoms with E-state index < -0.39 is 0 Å². The fourth-order valence-electron chi connectivity index (χ4n) is 2.46. The second kappa shape index (κ2) is 10.5. The Balaban J connectivity index is 2.07. The van der Waals surface area contributed by atoms with Crippen LogP contribution >= 0.6 is 0 Å². The molecule has 0 aromatic heterocycles. The second-order valence-corrected chi connectivity index (χ2v) is 5.51. The lowest BCUT2D eigenvalue weighted by molar-refractivity contribution is -0.146. The summed E-state index contributed by atoms with van der Waals surface area (Å²) in [7, 11) is 0. The minimum Gasteiger partial charge on any atom is -0.394 e. The van der Waals surface area contributed by atoms with E-state index in [2.05, 4.69) is 6.92 Å². The van der Waals surface area contributed by atoms with Gasteiger partial charge in [0.05, 0.1) is 38.1 Å². The third-order valence-electron chi connectivity index (χ3n) is 3.77. The fraction of sp³-hybridized carbons (Fsp3) is 1.00. The highest BCUT2D eigenvalue weighted by molar-refractivity contribution is 4.82. The van der Waals surface area contributed by atoms with Gasteiger partial charge in [0.25, 0.3) is 0 Å². The maximum Gasteiger partial charge on any atom is 0.0834 e. The topological polar surface area (TPSA) is 68.2 Å². The second-order valence-electron chi connectivity index (χ2n) is 5.51. The van der Waals surface area contributed by atoms with Gasteiger partial charge in [0.15, 0.2) is 0 Å². The molecule has 0 aromatic rings. The Hall–Kier alpha value is -0.200. The summed E-state index contributed by atoms with van der Waals surface area (Å²) in [5.74, 6) is 0.116. The Labute approximate surface area is 122 Å². The van der Waals surface area contributed by atoms with E-state index in [-0.39, 0.29) is 30.8 Å². The molecule has 4 atom stereocenters. The molecule has 0 aliphatic carbocycles. The summed E-state index contributed by atoms with van der Waals surface area (Å²) in [6.07, 6.45) is 2.71. The first-order valence-corrected chi connectivity index (χ1v) is 7.78. The summed E-state index contributed by atoms with van der Waals surface area (Å²) in [5.41, 5.74) is 0. The van der Waals surface area contributed by atoms with Gasteiger partial charge in [-0.2, -0.15) is 0 Å². The molecule has 2 N–H and O–H groups in total. The molecule has 120 valence electrons. The molecule has 0 radical (unpaired) electrons. The van der Waals surface area contributed by atoms with E-state index in [1.165, 1.54) is 0 Å². The Morgan fingerprint density at radius 3 is 2.50 bits per heavy atom. The molecule has 0 amide bonds. The van der Waals surface area contributed by atoms with E-state index >= 15 is 0 Å². The molecule has 0 saturated carbocycles. The maximum absolute atomic E-state index is 9.93. The first-order valence-electron chi connectivity index (χ1n) is 7.78. The van der Waals surface area contributed by atoms with Crippen molar-refractivity contribution in [3.8, 4) is 0 Å². The summed E-state index contributed by atoms with van der Waals surface area (Å²) in [6.45, 7) is 6.81. The summed E-state index contributed by atoms with van der Waals surface area (Å²) in [6, 6.07) is 0. The number of ether oxygens (including phenoxy) is 3. The van der Waals surface area contributed by atoms with Crippen molar-refractivity contribution in [1.82, 2.24) is 0 Å². The van der Waals surface area contributed by atoms with E-state index in [4.69, 9.17) is 19.3 Å². The summed E-state index contributed by atoms with van der Waals surface area (Å²) < 4.78 is 16.6. The molecular formula is C15H30O5. The minimum atomic E-state index is -0.380. The quantitative estimate of drug-likeness (QED) is 0.595. The van der Waals surface area contributed by atoms with Crippen molar-refractivity contribution in [3.05, 3.63) is 0 Å². The number of aliphatic hydroxyl groups is 2. The Bertz CT molecular complexity index is 236. The van der Waals surface area contributed by atoms with Crippen LogP contribution in [0.25, 0.3) is 0 Å². The predicted molar refractivity (Wildman–Crippen MR) is 76.7 cm³/mol. The molecule has 0 bridgehead atoms. The Kier molecular flexibility index (Phi) is 9.39. The van der Waals surface area contributed by atoms with Crippen LogP contribution < -0.4 is 0 Å². The zero-order valence-corrected chi connectivity index (χ0v) is 12.8. The van der Waals surface area contributed by atoms with Gasteiger partial charge in [0, 0.05) is 25.6 Å². The van der Waals surface area contributed by atoms with Gasteiger partial charge >= 0.3 is 0 Å². The van der Waals surface area contributed by atoms with Gasteiger partial charge in [-0.15, -0.1) is 0 Å². The lowest BCUT2D eigenvalue weighted by Gasteiger charge is -2.37. The summed E-state index contributed by atoms with van der Waals surface area (Å²) in [5, 5.41) is 19.1. The van der Waals surface area contributed by atoms with Crippen LogP contribution in [0.15, 0.2) is 0 Å². The monoisotopic (exact) mass is 290 g/mol. The number of aliphatic hydroxyl groups excluding tert-OH is 2. The maximum atomic E-state index is 9.93. The first-order chi connectivity index (χ1) is 9.69. The van der Waals surface area contributed by atoms with Crippen LogP contribution in [0.1, 0.15) is 39.5 Å². The van der Waals surface area contributed by atoms with Crippen LogP contribution in [0.3, 0.4) is 0 Å². The molecule has 20 heavy (non-hydrogen) atoms. The normalized spacial score (nSPS) is 30.6. The molecule has 1 aliphatic rings. The summed E-state index contributed by atoms with van der Waals surface area (Å²) in [4.78, 5) is 0. The van der Waals surface area contributed by atoms with E-state index in [1.54, 1.807) is 0 Å². The van der Waals surface area contributed by atoms with Crippen LogP contribution in [-0.2, 0) is 14.2 Å². The predicted octanol–water partition coefficient (Wildman–Crippen LogP) is 1.36. The smallest absolute Gasteiger partial charge is 0.0834 e. The zero-order valence-electron chi connectivity index (χ0n) is 12.8. The molecular weight excluding hydrogens is 260 g/mol. The lowest BCUT2D eigenvalue weighted by Crippen LogP contribution is -2.44. The average molecular weight is 290 g/mol. The van der Waals surface area contributed by atoms with Gasteiger partial charge in [-0.3, -0.25) is 0 Å². The van der Waals surface area contributed by atoms with Crippen molar-refractivity contribution >= 4 is 0 Å². The number of hydrogen-bond acceptors (Lipinski definition) is 5. The molecule has 1 heterocycles. The van der Waals surface area contributed by atoms with E-state index in [0.717, 1.165) is 25.9 Å². The average Bonchev–Trinajstić information content (AvgIpc) is 2.45. The van der Waals surface area contributed by atoms with Crippen LogP contribution in [0.5, 0.6) is 0 Å². The first kappa shape index (κ1) is 17.9. The van der Waals surface area contributed by atoms with Gasteiger partial charge in [-0.1, -0.05) is 13.8 Å². The van der Waals surface area contributed by atoms with Crippen molar-refractivity contribution in [2.75, 3.05) is 33.0 Å². The van der Waals surface area contributed by atoms with Crippen molar-refractivity contribution < 1.29 is 24.4 Å². The van der Waals surface area contributed by atoms with Crippen molar-refractivity contribution in [2.45, 2.75) is 57.8 Å². The highest BCUT2D eigenvalue weighted by atomic mass is 16.5. The van der Waals surface area contributed by atoms with Crippen molar-refractivity contribution in [2.24, 2.45) is 5.92 Å². The van der Waals surface area contributed by atoms with Crippen molar-refractivity contribution in [3.63, 3.8) is 0 Å². The Morgan fingerprint density at radius 1 is 1.15 bits per heavy atom. The molecule has 1 rings (SSSR count). The largest absolute Gasteiger partial charge is 0.394 e. The van der Waals surface area contributed by atoms with Crippen LogP contribution in [0.4, 0.5) is 0 Å². The van der Waals surface area contributed by atoms with E-state index in [0.29, 0.717) is 26.2 Å². The molecule has 5 nitrogen and oxygen atoms in total. The van der Waals surface area contributed by atoms with Gasteiger partial charge in [0.1, 0.15) is 0 Å². The van der Waals surface area contributed by atoms with Gasteiger partial charge in [-0.05, 0) is 19.3 Å². The third-order valence-corrected chi connectivity index (χ3v) is 3.77. The molecule has 1 saturated heterocycles. The molecule has 0 spiro atoms. The molecule has 0 aromatic carbocycles. The molecule has 1 aliphatic heterocycles. The zero-order chi connectivity index (χ0) is 14.8. The highest BCUT2D eigenvalue weighted by Crippen LogP contribution is 2.27. The lowest BCUT2D eigenvalue weighted by atomic mass is 9.88. The summed E-state index contributed by atoms with van der Waals surface area (Å²) >= 11 is 0. The highest BCUT2D eigenvalue weighted by Gasteiger charge is 2.34. The van der Waals surface area contributed by atoms with Crippen LogP contribution in [0.2, 0.25) is 0 Å². The third kappa shape index (κ3) is 6.50. The van der Waals surface area contributed by atoms with E-state index in [1.807, 2.05) is 6.92 Å². The van der Waals surface area contributed by atoms with Crippen LogP contribution in [-0.4, -0.2) is 61.6 Å². The standard InChI is InChI=1S/C15H30O5/c1-3-6-18-8-9-19-7-4-5-15-12(2)14(17)10-13(11-16)20-15/h12-17H,3-11H2,1-2H3/t12-,13+,14+,15-/m1/s1. The Morgan fingerprint density at radius 2 is 1.85 bits per heavy atom. The number of hydrogen-bond donors (Lipinski definition) is 2.